The molecule has 25 heavy (non-hydrogen) atoms. The highest BCUT2D eigenvalue weighted by Gasteiger charge is 2.58. The number of benzene rings is 1. The lowest BCUT2D eigenvalue weighted by Gasteiger charge is -2.32. The first kappa shape index (κ1) is 16.3. The molecule has 1 aliphatic heterocycles. The van der Waals surface area contributed by atoms with Gasteiger partial charge in [0.2, 0.25) is 0 Å². The molecular weight excluding hydrogens is 323 g/mol. The standard InChI is InChI=1S/C19H21FN2O3/c1-18(19(21-23)13-25-19)7-5-14-6-8-22(17(14)12-18)9-10-24-16-4-2-3-15(20)11-16/h2-6,8,11-12,21,23H,7,9-10,13H2,1H3. The Morgan fingerprint density at radius 1 is 1.40 bits per heavy atom. The van der Waals surface area contributed by atoms with E-state index >= 15 is 0 Å². The molecule has 2 unspecified atom stereocenters. The lowest BCUT2D eigenvalue weighted by Crippen LogP contribution is -2.49. The van der Waals surface area contributed by atoms with Gasteiger partial charge in [-0.15, -0.1) is 0 Å². The molecule has 132 valence electrons. The van der Waals surface area contributed by atoms with Crippen LogP contribution in [0.2, 0.25) is 0 Å². The fraction of sp³-hybridized carbons (Fsp3) is 0.368. The van der Waals surface area contributed by atoms with Crippen molar-refractivity contribution in [3.8, 4) is 5.75 Å². The van der Waals surface area contributed by atoms with Gasteiger partial charge in [0.25, 0.3) is 0 Å². The van der Waals surface area contributed by atoms with E-state index in [1.54, 1.807) is 12.1 Å². The lowest BCUT2D eigenvalue weighted by atomic mass is 9.77. The van der Waals surface area contributed by atoms with Gasteiger partial charge in [0.1, 0.15) is 18.2 Å². The van der Waals surface area contributed by atoms with Gasteiger partial charge in [0.15, 0.2) is 5.72 Å². The van der Waals surface area contributed by atoms with Gasteiger partial charge in [-0.1, -0.05) is 19.1 Å². The maximum Gasteiger partial charge on any atom is 0.173 e. The summed E-state index contributed by atoms with van der Waals surface area (Å²) in [7, 11) is 0. The summed E-state index contributed by atoms with van der Waals surface area (Å²) in [5, 5.41) is 11.7. The van der Waals surface area contributed by atoms with Crippen molar-refractivity contribution < 1.29 is 19.1 Å². The summed E-state index contributed by atoms with van der Waals surface area (Å²) in [6.07, 6.45) is 7.13. The summed E-state index contributed by atoms with van der Waals surface area (Å²) in [5.74, 6) is 0.219. The number of rotatable bonds is 6. The van der Waals surface area contributed by atoms with E-state index in [9.17, 15) is 9.60 Å². The van der Waals surface area contributed by atoms with Crippen LogP contribution >= 0.6 is 0 Å². The van der Waals surface area contributed by atoms with Gasteiger partial charge in [-0.3, -0.25) is 0 Å². The molecule has 4 rings (SSSR count). The Bertz CT molecular complexity index is 904. The first-order valence-corrected chi connectivity index (χ1v) is 8.37. The molecule has 2 aliphatic rings. The summed E-state index contributed by atoms with van der Waals surface area (Å²) >= 11 is 0. The van der Waals surface area contributed by atoms with Crippen molar-refractivity contribution in [3.05, 3.63) is 52.9 Å². The van der Waals surface area contributed by atoms with E-state index in [0.717, 1.165) is 17.0 Å². The molecule has 0 radical (unpaired) electrons. The molecule has 0 saturated carbocycles. The number of halogens is 1. The highest BCUT2D eigenvalue weighted by molar-refractivity contribution is 5.46. The summed E-state index contributed by atoms with van der Waals surface area (Å²) in [4.78, 5) is 0. The Labute approximate surface area is 144 Å². The van der Waals surface area contributed by atoms with Gasteiger partial charge in [-0.05, 0) is 35.9 Å². The summed E-state index contributed by atoms with van der Waals surface area (Å²) in [6.45, 7) is 3.65. The number of fused-ring (bicyclic) bond motifs is 1. The number of nitrogens with one attached hydrogen (secondary N) is 1. The SMILES string of the molecule is CC1(C2(NO)CO2)C=c2c(ccn2CCOc2cccc(F)c2)=CC1. The van der Waals surface area contributed by atoms with Crippen molar-refractivity contribution in [2.24, 2.45) is 5.41 Å². The molecule has 6 heteroatoms. The van der Waals surface area contributed by atoms with Crippen LogP contribution in [-0.4, -0.2) is 28.7 Å². The van der Waals surface area contributed by atoms with Crippen LogP contribution in [0.3, 0.4) is 0 Å². The van der Waals surface area contributed by atoms with E-state index in [-0.39, 0.29) is 11.2 Å². The van der Waals surface area contributed by atoms with Crippen molar-refractivity contribution >= 4 is 12.2 Å². The Hall–Kier alpha value is -2.15. The predicted octanol–water partition coefficient (Wildman–Crippen LogP) is 1.38. The van der Waals surface area contributed by atoms with Crippen molar-refractivity contribution in [2.75, 3.05) is 13.2 Å². The number of nitrogens with zero attached hydrogens (tertiary/aromatic N) is 1. The summed E-state index contributed by atoms with van der Waals surface area (Å²) in [5.41, 5.74) is 1.31. The third-order valence-electron chi connectivity index (χ3n) is 5.17. The average Bonchev–Trinajstić information content (AvgIpc) is 3.33. The summed E-state index contributed by atoms with van der Waals surface area (Å²) in [6, 6.07) is 8.22. The van der Waals surface area contributed by atoms with Gasteiger partial charge in [-0.25, -0.2) is 4.39 Å². The van der Waals surface area contributed by atoms with Gasteiger partial charge in [0.05, 0.1) is 13.2 Å². The minimum atomic E-state index is -0.700. The van der Waals surface area contributed by atoms with E-state index in [4.69, 9.17) is 9.47 Å². The maximum atomic E-state index is 13.2. The smallest absolute Gasteiger partial charge is 0.173 e. The zero-order valence-corrected chi connectivity index (χ0v) is 14.0. The van der Waals surface area contributed by atoms with E-state index < -0.39 is 5.72 Å². The van der Waals surface area contributed by atoms with Crippen LogP contribution in [0.5, 0.6) is 5.75 Å². The summed E-state index contributed by atoms with van der Waals surface area (Å²) < 4.78 is 26.4. The van der Waals surface area contributed by atoms with Crippen molar-refractivity contribution in [1.82, 2.24) is 10.0 Å². The van der Waals surface area contributed by atoms with Gasteiger partial charge >= 0.3 is 0 Å². The van der Waals surface area contributed by atoms with Crippen LogP contribution in [0, 0.1) is 11.2 Å². The second-order valence-electron chi connectivity index (χ2n) is 6.85. The fourth-order valence-corrected chi connectivity index (χ4v) is 3.41. The molecule has 0 amide bonds. The number of ether oxygens (including phenoxy) is 2. The van der Waals surface area contributed by atoms with Crippen LogP contribution in [0.1, 0.15) is 13.3 Å². The third kappa shape index (κ3) is 2.86. The first-order chi connectivity index (χ1) is 12.1. The molecule has 2 heterocycles. The molecular formula is C19H21FN2O3. The zero-order valence-electron chi connectivity index (χ0n) is 14.0. The largest absolute Gasteiger partial charge is 0.492 e. The molecule has 5 nitrogen and oxygen atoms in total. The van der Waals surface area contributed by atoms with Gasteiger partial charge in [0, 0.05) is 23.0 Å². The highest BCUT2D eigenvalue weighted by Crippen LogP contribution is 2.46. The minimum absolute atomic E-state index is 0.305. The second kappa shape index (κ2) is 5.98. The quantitative estimate of drug-likeness (QED) is 0.614. The maximum absolute atomic E-state index is 13.2. The Morgan fingerprint density at radius 2 is 2.24 bits per heavy atom. The number of aromatic nitrogens is 1. The average molecular weight is 344 g/mol. The van der Waals surface area contributed by atoms with Gasteiger partial charge in [-0.2, -0.15) is 5.48 Å². The van der Waals surface area contributed by atoms with Gasteiger partial charge < -0.3 is 19.2 Å². The van der Waals surface area contributed by atoms with Crippen LogP contribution in [0.25, 0.3) is 12.2 Å². The molecule has 0 bridgehead atoms. The second-order valence-corrected chi connectivity index (χ2v) is 6.85. The Morgan fingerprint density at radius 3 is 2.96 bits per heavy atom. The molecule has 2 aromatic rings. The highest BCUT2D eigenvalue weighted by atomic mass is 19.1. The molecule has 1 fully saturated rings. The first-order valence-electron chi connectivity index (χ1n) is 8.37. The monoisotopic (exact) mass is 344 g/mol. The van der Waals surface area contributed by atoms with Crippen LogP contribution < -0.4 is 20.8 Å². The fourth-order valence-electron chi connectivity index (χ4n) is 3.41. The Kier molecular flexibility index (Phi) is 3.91. The molecule has 1 aliphatic carbocycles. The van der Waals surface area contributed by atoms with Crippen molar-refractivity contribution in [2.45, 2.75) is 25.6 Å². The molecule has 2 N–H and O–H groups in total. The van der Waals surface area contributed by atoms with E-state index in [2.05, 4.69) is 35.2 Å². The van der Waals surface area contributed by atoms with Crippen LogP contribution in [0.4, 0.5) is 4.39 Å². The van der Waals surface area contributed by atoms with Crippen LogP contribution in [-0.2, 0) is 11.3 Å². The van der Waals surface area contributed by atoms with E-state index in [1.165, 1.54) is 12.1 Å². The molecule has 1 aromatic carbocycles. The Balaban J connectivity index is 1.53. The van der Waals surface area contributed by atoms with E-state index in [1.807, 2.05) is 6.20 Å². The van der Waals surface area contributed by atoms with Crippen molar-refractivity contribution in [1.29, 1.82) is 0 Å². The lowest BCUT2D eigenvalue weighted by molar-refractivity contribution is 0.00445. The van der Waals surface area contributed by atoms with Crippen molar-refractivity contribution in [3.63, 3.8) is 0 Å². The van der Waals surface area contributed by atoms with E-state index in [0.29, 0.717) is 25.5 Å². The molecule has 0 spiro atoms. The molecule has 1 aromatic heterocycles. The molecule has 2 atom stereocenters. The topological polar surface area (TPSA) is 59.0 Å². The number of hydrogen-bond acceptors (Lipinski definition) is 4. The number of epoxide rings is 1. The zero-order chi connectivity index (χ0) is 17.5. The van der Waals surface area contributed by atoms with Crippen LogP contribution in [0.15, 0.2) is 36.5 Å². The number of hydroxylamine groups is 1. The minimum Gasteiger partial charge on any atom is -0.492 e. The molecule has 1 saturated heterocycles. The predicted molar refractivity (Wildman–Crippen MR) is 90.8 cm³/mol. The third-order valence-corrected chi connectivity index (χ3v) is 5.17. The normalized spacial score (nSPS) is 27.2. The number of hydrogen-bond donors (Lipinski definition) is 2.